The molecule has 1 unspecified atom stereocenters. The quantitative estimate of drug-likeness (QED) is 0.473. The predicted molar refractivity (Wildman–Crippen MR) is 46.4 cm³/mol. The lowest BCUT2D eigenvalue weighted by Gasteiger charge is -2.22. The lowest BCUT2D eigenvalue weighted by Crippen LogP contribution is -2.16. The molecule has 0 saturated carbocycles. The molecule has 1 atom stereocenters. The molecule has 0 saturated heterocycles. The molecule has 0 N–H and O–H groups in total. The summed E-state index contributed by atoms with van der Waals surface area (Å²) in [4.78, 5) is -0.136. The third-order valence-corrected chi connectivity index (χ3v) is 1.87. The molecule has 1 aliphatic carbocycles. The van der Waals surface area contributed by atoms with Crippen LogP contribution in [0.25, 0.3) is 0 Å². The minimum absolute atomic E-state index is 0.136. The van der Waals surface area contributed by atoms with Gasteiger partial charge in [0.05, 0.1) is 4.87 Å². The topological polar surface area (TPSA) is 0 Å². The first-order valence-corrected chi connectivity index (χ1v) is 3.93. The van der Waals surface area contributed by atoms with Crippen molar-refractivity contribution < 1.29 is 0 Å². The molecule has 0 aromatic carbocycles. The van der Waals surface area contributed by atoms with E-state index in [0.717, 1.165) is 6.42 Å². The van der Waals surface area contributed by atoms with Crippen molar-refractivity contribution in [2.75, 3.05) is 0 Å². The largest absolute Gasteiger partial charge is 0.115 e. The number of hydrogen-bond donors (Lipinski definition) is 0. The third-order valence-electron chi connectivity index (χ3n) is 1.63. The van der Waals surface area contributed by atoms with E-state index in [2.05, 4.69) is 32.9 Å². The van der Waals surface area contributed by atoms with Gasteiger partial charge in [-0.3, -0.25) is 0 Å². The fourth-order valence-electron chi connectivity index (χ4n) is 1.55. The molecule has 1 rings (SSSR count). The van der Waals surface area contributed by atoms with Crippen LogP contribution < -0.4 is 0 Å². The molecule has 0 aromatic heterocycles. The number of halogens is 1. The van der Waals surface area contributed by atoms with Gasteiger partial charge in [-0.2, -0.15) is 0 Å². The SMILES string of the molecule is CC1=CC(C)(Cl)CC(C)=C1. The maximum Gasteiger partial charge on any atom is 0.0640 e. The summed E-state index contributed by atoms with van der Waals surface area (Å²) in [6.07, 6.45) is 5.28. The first kappa shape index (κ1) is 7.87. The summed E-state index contributed by atoms with van der Waals surface area (Å²) < 4.78 is 0. The molecule has 0 heterocycles. The highest BCUT2D eigenvalue weighted by Crippen LogP contribution is 2.31. The third kappa shape index (κ3) is 1.88. The van der Waals surface area contributed by atoms with E-state index in [0.29, 0.717) is 0 Å². The van der Waals surface area contributed by atoms with Crippen molar-refractivity contribution in [1.82, 2.24) is 0 Å². The Morgan fingerprint density at radius 1 is 1.50 bits per heavy atom. The van der Waals surface area contributed by atoms with Crippen LogP contribution in [0, 0.1) is 0 Å². The summed E-state index contributed by atoms with van der Waals surface area (Å²) in [7, 11) is 0. The molecule has 0 amide bonds. The zero-order valence-corrected chi connectivity index (χ0v) is 7.50. The fraction of sp³-hybridized carbons (Fsp3) is 0.556. The van der Waals surface area contributed by atoms with Crippen LogP contribution in [0.3, 0.4) is 0 Å². The molecule has 0 aromatic rings. The fourth-order valence-corrected chi connectivity index (χ4v) is 1.94. The lowest BCUT2D eigenvalue weighted by molar-refractivity contribution is 0.742. The van der Waals surface area contributed by atoms with Crippen molar-refractivity contribution in [2.45, 2.75) is 32.1 Å². The molecule has 0 spiro atoms. The minimum atomic E-state index is -0.136. The van der Waals surface area contributed by atoms with E-state index in [9.17, 15) is 0 Å². The molecule has 10 heavy (non-hydrogen) atoms. The zero-order chi connectivity index (χ0) is 7.78. The predicted octanol–water partition coefficient (Wildman–Crippen LogP) is 3.28. The summed E-state index contributed by atoms with van der Waals surface area (Å²) >= 11 is 6.14. The summed E-state index contributed by atoms with van der Waals surface area (Å²) in [5.41, 5.74) is 2.65. The second-order valence-electron chi connectivity index (χ2n) is 3.33. The van der Waals surface area contributed by atoms with Crippen molar-refractivity contribution in [2.24, 2.45) is 0 Å². The Balaban J connectivity index is 2.88. The van der Waals surface area contributed by atoms with Gasteiger partial charge in [-0.05, 0) is 27.2 Å². The molecule has 1 heteroatoms. The summed E-state index contributed by atoms with van der Waals surface area (Å²) in [6.45, 7) is 6.26. The Morgan fingerprint density at radius 3 is 2.50 bits per heavy atom. The number of rotatable bonds is 0. The standard InChI is InChI=1S/C9H13Cl/c1-7-4-8(2)6-9(3,10)5-7/h4-5H,6H2,1-3H3. The number of alkyl halides is 1. The monoisotopic (exact) mass is 156 g/mol. The minimum Gasteiger partial charge on any atom is -0.115 e. The van der Waals surface area contributed by atoms with Crippen LogP contribution >= 0.6 is 11.6 Å². The van der Waals surface area contributed by atoms with E-state index in [-0.39, 0.29) is 4.87 Å². The van der Waals surface area contributed by atoms with Crippen molar-refractivity contribution in [1.29, 1.82) is 0 Å². The van der Waals surface area contributed by atoms with Gasteiger partial charge < -0.3 is 0 Å². The maximum atomic E-state index is 6.14. The van der Waals surface area contributed by atoms with Crippen molar-refractivity contribution in [3.05, 3.63) is 23.3 Å². The lowest BCUT2D eigenvalue weighted by atomic mass is 9.92. The smallest absolute Gasteiger partial charge is 0.0640 e. The average molecular weight is 157 g/mol. The van der Waals surface area contributed by atoms with Crippen LogP contribution in [-0.4, -0.2) is 4.87 Å². The molecule has 56 valence electrons. The Bertz CT molecular complexity index is 197. The zero-order valence-electron chi connectivity index (χ0n) is 6.74. The van der Waals surface area contributed by atoms with E-state index in [1.807, 2.05) is 0 Å². The van der Waals surface area contributed by atoms with Crippen molar-refractivity contribution >= 4 is 11.6 Å². The van der Waals surface area contributed by atoms with E-state index in [1.54, 1.807) is 0 Å². The maximum absolute atomic E-state index is 6.14. The van der Waals surface area contributed by atoms with Gasteiger partial charge in [-0.25, -0.2) is 0 Å². The van der Waals surface area contributed by atoms with E-state index in [4.69, 9.17) is 11.6 Å². The van der Waals surface area contributed by atoms with Crippen molar-refractivity contribution in [3.63, 3.8) is 0 Å². The Hall–Kier alpha value is -0.230. The molecular weight excluding hydrogens is 144 g/mol. The van der Waals surface area contributed by atoms with Crippen LogP contribution in [0.4, 0.5) is 0 Å². The van der Waals surface area contributed by atoms with Gasteiger partial charge in [-0.15, -0.1) is 11.6 Å². The first-order valence-electron chi connectivity index (χ1n) is 3.55. The Kier molecular flexibility index (Phi) is 1.91. The van der Waals surface area contributed by atoms with Crippen LogP contribution in [0.1, 0.15) is 27.2 Å². The van der Waals surface area contributed by atoms with E-state index >= 15 is 0 Å². The van der Waals surface area contributed by atoms with Gasteiger partial charge >= 0.3 is 0 Å². The van der Waals surface area contributed by atoms with Gasteiger partial charge in [0.2, 0.25) is 0 Å². The molecule has 0 nitrogen and oxygen atoms in total. The van der Waals surface area contributed by atoms with E-state index in [1.165, 1.54) is 11.1 Å². The second kappa shape index (κ2) is 2.43. The molecule has 0 radical (unpaired) electrons. The van der Waals surface area contributed by atoms with Crippen LogP contribution in [0.2, 0.25) is 0 Å². The average Bonchev–Trinajstić information content (AvgIpc) is 1.54. The molecule has 0 fully saturated rings. The first-order chi connectivity index (χ1) is 4.49. The highest BCUT2D eigenvalue weighted by molar-refractivity contribution is 6.25. The molecular formula is C9H13Cl. The van der Waals surface area contributed by atoms with Crippen LogP contribution in [-0.2, 0) is 0 Å². The molecule has 0 bridgehead atoms. The summed E-state index contributed by atoms with van der Waals surface area (Å²) in [5, 5.41) is 0. The van der Waals surface area contributed by atoms with E-state index < -0.39 is 0 Å². The molecule has 1 aliphatic rings. The molecule has 0 aliphatic heterocycles. The summed E-state index contributed by atoms with van der Waals surface area (Å²) in [5.74, 6) is 0. The van der Waals surface area contributed by atoms with Gasteiger partial charge in [-0.1, -0.05) is 23.3 Å². The second-order valence-corrected chi connectivity index (χ2v) is 4.20. The summed E-state index contributed by atoms with van der Waals surface area (Å²) in [6, 6.07) is 0. The number of allylic oxidation sites excluding steroid dienone is 4. The number of hydrogen-bond acceptors (Lipinski definition) is 0. The highest BCUT2D eigenvalue weighted by atomic mass is 35.5. The van der Waals surface area contributed by atoms with Crippen molar-refractivity contribution in [3.8, 4) is 0 Å². The van der Waals surface area contributed by atoms with Gasteiger partial charge in [0.25, 0.3) is 0 Å². The Labute approximate surface area is 67.6 Å². The van der Waals surface area contributed by atoms with Crippen LogP contribution in [0.5, 0.6) is 0 Å². The van der Waals surface area contributed by atoms with Gasteiger partial charge in [0.1, 0.15) is 0 Å². The van der Waals surface area contributed by atoms with Gasteiger partial charge in [0.15, 0.2) is 0 Å². The van der Waals surface area contributed by atoms with Gasteiger partial charge in [0, 0.05) is 0 Å². The normalized spacial score (nSPS) is 33.2. The highest BCUT2D eigenvalue weighted by Gasteiger charge is 2.20. The Morgan fingerprint density at radius 2 is 2.10 bits per heavy atom. The van der Waals surface area contributed by atoms with Crippen LogP contribution in [0.15, 0.2) is 23.3 Å².